The standard InChI is InChI=1S/C27H35BrN2O4/c1-26(2,3)34-25(33)29-27(24(31)32,21-11-7-8-12-21)17-18-30(19-20-9-5-4-6-10-20)23-15-13-22(28)14-16-23/h4-6,9-10,13-16,21H,7-8,11-12,17-19H2,1-3H3,(H,29,33)(H,31,32)/t27-/m0/s1. The molecule has 0 aromatic heterocycles. The topological polar surface area (TPSA) is 78.9 Å². The molecule has 7 heteroatoms. The van der Waals surface area contributed by atoms with E-state index in [4.69, 9.17) is 4.74 Å². The van der Waals surface area contributed by atoms with E-state index in [-0.39, 0.29) is 12.3 Å². The van der Waals surface area contributed by atoms with Crippen molar-refractivity contribution in [2.24, 2.45) is 5.92 Å². The number of halogens is 1. The molecule has 0 radical (unpaired) electrons. The number of carbonyl (C=O) groups is 2. The van der Waals surface area contributed by atoms with Crippen molar-refractivity contribution in [1.29, 1.82) is 0 Å². The number of benzene rings is 2. The molecular weight excluding hydrogens is 496 g/mol. The van der Waals surface area contributed by atoms with Gasteiger partial charge in [-0.1, -0.05) is 59.1 Å². The molecular formula is C27H35BrN2O4. The number of nitrogens with zero attached hydrogens (tertiary/aromatic N) is 1. The van der Waals surface area contributed by atoms with Crippen LogP contribution in [0.1, 0.15) is 58.4 Å². The first-order chi connectivity index (χ1) is 16.1. The number of aliphatic carboxylic acids is 1. The molecule has 0 unspecified atom stereocenters. The minimum Gasteiger partial charge on any atom is -0.479 e. The average molecular weight is 531 g/mol. The molecule has 1 aliphatic rings. The molecule has 2 N–H and O–H groups in total. The fourth-order valence-electron chi connectivity index (χ4n) is 4.67. The zero-order chi connectivity index (χ0) is 24.8. The Bertz CT molecular complexity index is 953. The maximum absolute atomic E-state index is 12.8. The summed E-state index contributed by atoms with van der Waals surface area (Å²) in [5.74, 6) is -1.14. The SMILES string of the molecule is CC(C)(C)OC(=O)N[C@](CCN(Cc1ccccc1)c1ccc(Br)cc1)(C(=O)O)C1CCCC1. The molecule has 1 amide bonds. The van der Waals surface area contributed by atoms with Gasteiger partial charge in [0.05, 0.1) is 0 Å². The number of ether oxygens (including phenoxy) is 1. The van der Waals surface area contributed by atoms with Gasteiger partial charge in [0.15, 0.2) is 0 Å². The van der Waals surface area contributed by atoms with Crippen LogP contribution in [0.25, 0.3) is 0 Å². The van der Waals surface area contributed by atoms with Crippen LogP contribution in [-0.2, 0) is 16.1 Å². The number of carboxylic acid groups (broad SMARTS) is 1. The Morgan fingerprint density at radius 3 is 2.24 bits per heavy atom. The normalized spacial score (nSPS) is 16.0. The Morgan fingerprint density at radius 1 is 1.06 bits per heavy atom. The number of alkyl carbamates (subject to hydrolysis) is 1. The van der Waals surface area contributed by atoms with Gasteiger partial charge in [0.1, 0.15) is 11.1 Å². The lowest BCUT2D eigenvalue weighted by atomic mass is 9.79. The molecule has 1 saturated carbocycles. The summed E-state index contributed by atoms with van der Waals surface area (Å²) in [5, 5.41) is 13.3. The molecule has 2 aromatic carbocycles. The highest BCUT2D eigenvalue weighted by Crippen LogP contribution is 2.37. The summed E-state index contributed by atoms with van der Waals surface area (Å²) in [6.07, 6.45) is 3.08. The van der Waals surface area contributed by atoms with Crippen LogP contribution in [0.15, 0.2) is 59.1 Å². The number of carboxylic acids is 1. The third kappa shape index (κ3) is 6.98. The van der Waals surface area contributed by atoms with Crippen LogP contribution >= 0.6 is 15.9 Å². The van der Waals surface area contributed by atoms with Gasteiger partial charge in [-0.2, -0.15) is 0 Å². The smallest absolute Gasteiger partial charge is 0.408 e. The minimum absolute atomic E-state index is 0.138. The first kappa shape index (κ1) is 26.1. The Balaban J connectivity index is 1.89. The second-order valence-corrected chi connectivity index (χ2v) is 10.9. The number of rotatable bonds is 9. The van der Waals surface area contributed by atoms with E-state index in [0.29, 0.717) is 13.1 Å². The number of anilines is 1. The largest absolute Gasteiger partial charge is 0.479 e. The zero-order valence-electron chi connectivity index (χ0n) is 20.2. The zero-order valence-corrected chi connectivity index (χ0v) is 21.8. The van der Waals surface area contributed by atoms with Crippen LogP contribution in [0.3, 0.4) is 0 Å². The molecule has 0 heterocycles. The van der Waals surface area contributed by atoms with Crippen molar-refractivity contribution < 1.29 is 19.4 Å². The number of hydrogen-bond acceptors (Lipinski definition) is 4. The van der Waals surface area contributed by atoms with Gasteiger partial charge < -0.3 is 20.1 Å². The maximum Gasteiger partial charge on any atom is 0.408 e. The fourth-order valence-corrected chi connectivity index (χ4v) is 4.94. The van der Waals surface area contributed by atoms with Gasteiger partial charge in [-0.15, -0.1) is 0 Å². The molecule has 2 aromatic rings. The Hall–Kier alpha value is -2.54. The molecule has 0 saturated heterocycles. The average Bonchev–Trinajstić information content (AvgIpc) is 3.31. The molecule has 184 valence electrons. The molecule has 6 nitrogen and oxygen atoms in total. The van der Waals surface area contributed by atoms with E-state index in [2.05, 4.69) is 38.3 Å². The fraction of sp³-hybridized carbons (Fsp3) is 0.481. The highest BCUT2D eigenvalue weighted by Gasteiger charge is 2.48. The second-order valence-electron chi connectivity index (χ2n) is 10.0. The van der Waals surface area contributed by atoms with Crippen molar-refractivity contribution in [3.63, 3.8) is 0 Å². The van der Waals surface area contributed by atoms with Gasteiger partial charge in [-0.25, -0.2) is 9.59 Å². The quantitative estimate of drug-likeness (QED) is 0.393. The summed E-state index contributed by atoms with van der Waals surface area (Å²) < 4.78 is 6.45. The number of carbonyl (C=O) groups excluding carboxylic acids is 1. The second kappa shape index (κ2) is 11.3. The van der Waals surface area contributed by atoms with Crippen LogP contribution in [0.5, 0.6) is 0 Å². The van der Waals surface area contributed by atoms with Gasteiger partial charge in [-0.3, -0.25) is 0 Å². The van der Waals surface area contributed by atoms with E-state index in [0.717, 1.165) is 41.4 Å². The summed E-state index contributed by atoms with van der Waals surface area (Å²) >= 11 is 3.49. The monoisotopic (exact) mass is 530 g/mol. The summed E-state index contributed by atoms with van der Waals surface area (Å²) in [4.78, 5) is 27.7. The van der Waals surface area contributed by atoms with Crippen molar-refractivity contribution in [2.45, 2.75) is 70.6 Å². The first-order valence-corrected chi connectivity index (χ1v) is 12.7. The Kier molecular flexibility index (Phi) is 8.63. The van der Waals surface area contributed by atoms with Crippen LogP contribution in [-0.4, -0.2) is 34.9 Å². The van der Waals surface area contributed by atoms with E-state index in [1.165, 1.54) is 0 Å². The third-order valence-corrected chi connectivity index (χ3v) is 6.87. The van der Waals surface area contributed by atoms with Gasteiger partial charge in [0.2, 0.25) is 0 Å². The van der Waals surface area contributed by atoms with Crippen molar-refractivity contribution in [3.8, 4) is 0 Å². The van der Waals surface area contributed by atoms with Crippen molar-refractivity contribution in [1.82, 2.24) is 5.32 Å². The third-order valence-electron chi connectivity index (χ3n) is 6.34. The minimum atomic E-state index is -1.39. The Morgan fingerprint density at radius 2 is 1.68 bits per heavy atom. The molecule has 1 fully saturated rings. The van der Waals surface area contributed by atoms with E-state index in [1.807, 2.05) is 42.5 Å². The summed E-state index contributed by atoms with van der Waals surface area (Å²) in [6.45, 7) is 6.43. The molecule has 1 atom stereocenters. The van der Waals surface area contributed by atoms with Crippen molar-refractivity contribution >= 4 is 33.7 Å². The molecule has 3 rings (SSSR count). The predicted octanol–water partition coefficient (Wildman–Crippen LogP) is 6.38. The van der Waals surface area contributed by atoms with E-state index in [9.17, 15) is 14.7 Å². The predicted molar refractivity (Wildman–Crippen MR) is 138 cm³/mol. The van der Waals surface area contributed by atoms with E-state index < -0.39 is 23.2 Å². The summed E-state index contributed by atoms with van der Waals surface area (Å²) in [5.41, 5.74) is 0.0338. The van der Waals surface area contributed by atoms with Gasteiger partial charge in [0, 0.05) is 23.2 Å². The number of hydrogen-bond donors (Lipinski definition) is 2. The lowest BCUT2D eigenvalue weighted by Crippen LogP contribution is -2.60. The lowest BCUT2D eigenvalue weighted by Gasteiger charge is -2.38. The molecule has 34 heavy (non-hydrogen) atoms. The van der Waals surface area contributed by atoms with Gasteiger partial charge in [0.25, 0.3) is 0 Å². The highest BCUT2D eigenvalue weighted by atomic mass is 79.9. The molecule has 0 aliphatic heterocycles. The van der Waals surface area contributed by atoms with Crippen LogP contribution in [0.4, 0.5) is 10.5 Å². The van der Waals surface area contributed by atoms with E-state index in [1.54, 1.807) is 20.8 Å². The van der Waals surface area contributed by atoms with E-state index >= 15 is 0 Å². The lowest BCUT2D eigenvalue weighted by molar-refractivity contribution is -0.147. The van der Waals surface area contributed by atoms with Crippen LogP contribution in [0, 0.1) is 5.92 Å². The maximum atomic E-state index is 12.8. The summed E-state index contributed by atoms with van der Waals surface area (Å²) in [7, 11) is 0. The van der Waals surface area contributed by atoms with Crippen molar-refractivity contribution in [3.05, 3.63) is 64.6 Å². The van der Waals surface area contributed by atoms with Gasteiger partial charge >= 0.3 is 12.1 Å². The van der Waals surface area contributed by atoms with Crippen LogP contribution in [0.2, 0.25) is 0 Å². The first-order valence-electron chi connectivity index (χ1n) is 11.9. The summed E-state index contributed by atoms with van der Waals surface area (Å²) in [6, 6.07) is 18.1. The van der Waals surface area contributed by atoms with Gasteiger partial charge in [-0.05, 0) is 75.8 Å². The Labute approximate surface area is 210 Å². The van der Waals surface area contributed by atoms with Crippen molar-refractivity contribution in [2.75, 3.05) is 11.4 Å². The highest BCUT2D eigenvalue weighted by molar-refractivity contribution is 9.10. The van der Waals surface area contributed by atoms with Crippen LogP contribution < -0.4 is 10.2 Å². The molecule has 0 bridgehead atoms. The molecule has 0 spiro atoms. The number of amides is 1. The molecule has 1 aliphatic carbocycles. The number of nitrogens with one attached hydrogen (secondary N) is 1.